The highest BCUT2D eigenvalue weighted by Crippen LogP contribution is 2.35. The van der Waals surface area contributed by atoms with E-state index in [-0.39, 0.29) is 16.6 Å². The summed E-state index contributed by atoms with van der Waals surface area (Å²) in [5.41, 5.74) is -0.409. The van der Waals surface area contributed by atoms with E-state index >= 15 is 0 Å². The molecule has 4 rings (SSSR count). The van der Waals surface area contributed by atoms with Gasteiger partial charge < -0.3 is 4.42 Å². The van der Waals surface area contributed by atoms with Gasteiger partial charge in [0.05, 0.1) is 16.3 Å². The van der Waals surface area contributed by atoms with E-state index in [1.165, 1.54) is 12.1 Å². The smallest absolute Gasteiger partial charge is 0.417 e. The molecule has 0 bridgehead atoms. The molecule has 1 heterocycles. The summed E-state index contributed by atoms with van der Waals surface area (Å²) in [5, 5.41) is 1.13. The summed E-state index contributed by atoms with van der Waals surface area (Å²) in [7, 11) is 0. The molecule has 0 aliphatic heterocycles. The zero-order chi connectivity index (χ0) is 17.1. The fraction of sp³-hybridized carbons (Fsp3) is 0.105. The lowest BCUT2D eigenvalue weighted by Gasteiger charge is -2.11. The molecule has 0 saturated carbocycles. The van der Waals surface area contributed by atoms with Crippen molar-refractivity contribution in [1.29, 1.82) is 0 Å². The Morgan fingerprint density at radius 1 is 0.917 bits per heavy atom. The molecule has 2 nitrogen and oxygen atoms in total. The second kappa shape index (κ2) is 4.84. The lowest BCUT2D eigenvalue weighted by atomic mass is 10.0. The van der Waals surface area contributed by atoms with E-state index in [0.717, 1.165) is 17.0 Å². The third-order valence-electron chi connectivity index (χ3n) is 4.14. The van der Waals surface area contributed by atoms with Crippen LogP contribution < -0.4 is 5.43 Å². The molecule has 3 aromatic carbocycles. The van der Waals surface area contributed by atoms with Crippen molar-refractivity contribution in [3.63, 3.8) is 0 Å². The lowest BCUT2D eigenvalue weighted by Crippen LogP contribution is -2.12. The van der Waals surface area contributed by atoms with Crippen LogP contribution in [0.2, 0.25) is 0 Å². The van der Waals surface area contributed by atoms with Gasteiger partial charge in [0, 0.05) is 0 Å². The minimum Gasteiger partial charge on any atom is -0.456 e. The fourth-order valence-electron chi connectivity index (χ4n) is 3.08. The van der Waals surface area contributed by atoms with Gasteiger partial charge in [0.1, 0.15) is 11.2 Å². The molecule has 0 amide bonds. The predicted molar refractivity (Wildman–Crippen MR) is 87.2 cm³/mol. The van der Waals surface area contributed by atoms with Crippen LogP contribution in [0, 0.1) is 6.92 Å². The SMILES string of the molecule is Cc1ccc2c(ccc3oc4cccc(C(F)(F)F)c4c(=O)c32)c1. The van der Waals surface area contributed by atoms with Crippen molar-refractivity contribution >= 4 is 32.7 Å². The Hall–Kier alpha value is -2.82. The van der Waals surface area contributed by atoms with Crippen LogP contribution in [-0.4, -0.2) is 0 Å². The van der Waals surface area contributed by atoms with Crippen molar-refractivity contribution in [2.45, 2.75) is 13.1 Å². The Morgan fingerprint density at radius 2 is 1.67 bits per heavy atom. The molecule has 5 heteroatoms. The van der Waals surface area contributed by atoms with E-state index in [1.807, 2.05) is 19.1 Å². The Labute approximate surface area is 134 Å². The molecule has 0 atom stereocenters. The molecule has 0 aliphatic carbocycles. The highest BCUT2D eigenvalue weighted by Gasteiger charge is 2.34. The van der Waals surface area contributed by atoms with E-state index in [1.54, 1.807) is 18.2 Å². The monoisotopic (exact) mass is 328 g/mol. The molecule has 1 aromatic heterocycles. The standard InChI is InChI=1S/C19H11F3O2/c1-10-5-7-12-11(9-10)6-8-15-16(12)18(23)17-13(19(20,21)22)3-2-4-14(17)24-15/h2-9H,1H3. The minimum absolute atomic E-state index is 0.0613. The van der Waals surface area contributed by atoms with Crippen LogP contribution in [0.4, 0.5) is 13.2 Å². The number of benzene rings is 3. The summed E-state index contributed by atoms with van der Waals surface area (Å²) in [6.45, 7) is 1.91. The van der Waals surface area contributed by atoms with Crippen molar-refractivity contribution in [3.05, 3.63) is 69.9 Å². The zero-order valence-corrected chi connectivity index (χ0v) is 12.6. The van der Waals surface area contributed by atoms with Gasteiger partial charge in [-0.25, -0.2) is 0 Å². The summed E-state index contributed by atoms with van der Waals surface area (Å²) >= 11 is 0. The molecule has 0 spiro atoms. The van der Waals surface area contributed by atoms with Gasteiger partial charge in [-0.1, -0.05) is 35.9 Å². The summed E-state index contributed by atoms with van der Waals surface area (Å²) in [6, 6.07) is 12.4. The summed E-state index contributed by atoms with van der Waals surface area (Å²) in [5.74, 6) is 0. The molecule has 0 radical (unpaired) electrons. The van der Waals surface area contributed by atoms with E-state index in [9.17, 15) is 18.0 Å². The number of hydrogen-bond acceptors (Lipinski definition) is 2. The van der Waals surface area contributed by atoms with E-state index < -0.39 is 22.6 Å². The third-order valence-corrected chi connectivity index (χ3v) is 4.14. The van der Waals surface area contributed by atoms with Gasteiger partial charge in [-0.3, -0.25) is 4.79 Å². The van der Waals surface area contributed by atoms with Gasteiger partial charge in [0.25, 0.3) is 0 Å². The fourth-order valence-corrected chi connectivity index (χ4v) is 3.08. The number of aryl methyl sites for hydroxylation is 1. The first-order valence-corrected chi connectivity index (χ1v) is 7.32. The molecule has 0 saturated heterocycles. The van der Waals surface area contributed by atoms with Gasteiger partial charge in [-0.15, -0.1) is 0 Å². The molecular weight excluding hydrogens is 317 g/mol. The summed E-state index contributed by atoms with van der Waals surface area (Å²) < 4.78 is 45.5. The maximum Gasteiger partial charge on any atom is 0.417 e. The molecule has 0 fully saturated rings. The van der Waals surface area contributed by atoms with Crippen LogP contribution in [0.25, 0.3) is 32.7 Å². The molecular formula is C19H11F3O2. The molecule has 120 valence electrons. The van der Waals surface area contributed by atoms with Gasteiger partial charge in [0.2, 0.25) is 5.43 Å². The quantitative estimate of drug-likeness (QED) is 0.318. The van der Waals surface area contributed by atoms with Gasteiger partial charge >= 0.3 is 6.18 Å². The zero-order valence-electron chi connectivity index (χ0n) is 12.6. The van der Waals surface area contributed by atoms with Gasteiger partial charge in [0.15, 0.2) is 0 Å². The predicted octanol–water partition coefficient (Wildman–Crippen LogP) is 5.43. The Bertz CT molecular complexity index is 1170. The van der Waals surface area contributed by atoms with Crippen molar-refractivity contribution in [2.24, 2.45) is 0 Å². The number of alkyl halides is 3. The molecule has 4 aromatic rings. The Morgan fingerprint density at radius 3 is 2.42 bits per heavy atom. The van der Waals surface area contributed by atoms with Crippen molar-refractivity contribution in [3.8, 4) is 0 Å². The van der Waals surface area contributed by atoms with Crippen molar-refractivity contribution in [1.82, 2.24) is 0 Å². The lowest BCUT2D eigenvalue weighted by molar-refractivity contribution is -0.136. The summed E-state index contributed by atoms with van der Waals surface area (Å²) in [6.07, 6.45) is -4.62. The van der Waals surface area contributed by atoms with Crippen molar-refractivity contribution < 1.29 is 17.6 Å². The van der Waals surface area contributed by atoms with Crippen LogP contribution in [0.3, 0.4) is 0 Å². The Kier molecular flexibility index (Phi) is 2.97. The first kappa shape index (κ1) is 14.8. The number of rotatable bonds is 0. The van der Waals surface area contributed by atoms with Crippen molar-refractivity contribution in [2.75, 3.05) is 0 Å². The highest BCUT2D eigenvalue weighted by molar-refractivity contribution is 6.08. The van der Waals surface area contributed by atoms with E-state index in [4.69, 9.17) is 4.42 Å². The highest BCUT2D eigenvalue weighted by atomic mass is 19.4. The van der Waals surface area contributed by atoms with Crippen LogP contribution >= 0.6 is 0 Å². The van der Waals surface area contributed by atoms with Gasteiger partial charge in [-0.05, 0) is 35.9 Å². The third kappa shape index (κ3) is 2.08. The summed E-state index contributed by atoms with van der Waals surface area (Å²) in [4.78, 5) is 12.9. The first-order chi connectivity index (χ1) is 11.4. The Balaban J connectivity index is 2.28. The first-order valence-electron chi connectivity index (χ1n) is 7.32. The molecule has 0 aliphatic rings. The van der Waals surface area contributed by atoms with Crippen LogP contribution in [0.15, 0.2) is 57.7 Å². The number of fused-ring (bicyclic) bond motifs is 4. The largest absolute Gasteiger partial charge is 0.456 e. The normalized spacial score (nSPS) is 12.3. The maximum atomic E-state index is 13.3. The van der Waals surface area contributed by atoms with Crippen LogP contribution in [-0.2, 0) is 6.18 Å². The van der Waals surface area contributed by atoms with E-state index in [2.05, 4.69) is 0 Å². The maximum absolute atomic E-state index is 13.3. The number of hydrogen-bond donors (Lipinski definition) is 0. The molecule has 0 N–H and O–H groups in total. The topological polar surface area (TPSA) is 30.2 Å². The molecule has 24 heavy (non-hydrogen) atoms. The number of halogens is 3. The molecule has 0 unspecified atom stereocenters. The minimum atomic E-state index is -4.62. The van der Waals surface area contributed by atoms with Crippen LogP contribution in [0.1, 0.15) is 11.1 Å². The average molecular weight is 328 g/mol. The second-order valence-electron chi connectivity index (χ2n) is 5.77. The van der Waals surface area contributed by atoms with E-state index in [0.29, 0.717) is 5.39 Å². The van der Waals surface area contributed by atoms with Gasteiger partial charge in [-0.2, -0.15) is 13.2 Å². The van der Waals surface area contributed by atoms with Crippen LogP contribution in [0.5, 0.6) is 0 Å². The average Bonchev–Trinajstić information content (AvgIpc) is 2.53. The second-order valence-corrected chi connectivity index (χ2v) is 5.77.